The fraction of sp³-hybridized carbons (Fsp3) is 0.348. The number of ether oxygens (including phenoxy) is 2. The molecule has 31 heavy (non-hydrogen) atoms. The molecule has 1 aliphatic rings. The molecule has 2 aromatic heterocycles. The number of carbonyl (C=O) groups is 2. The third-order valence-electron chi connectivity index (χ3n) is 5.14. The van der Waals surface area contributed by atoms with Crippen LogP contribution in [0.4, 0.5) is 5.00 Å². The van der Waals surface area contributed by atoms with Gasteiger partial charge in [-0.15, -0.1) is 11.3 Å². The quantitative estimate of drug-likeness (QED) is 0.445. The second-order valence-corrected chi connectivity index (χ2v) is 8.27. The Morgan fingerprint density at radius 3 is 2.71 bits per heavy atom. The minimum absolute atomic E-state index is 0.127. The number of anilines is 1. The minimum atomic E-state index is -0.752. The first kappa shape index (κ1) is 21.1. The number of esters is 1. The zero-order valence-electron chi connectivity index (χ0n) is 17.4. The summed E-state index contributed by atoms with van der Waals surface area (Å²) in [4.78, 5) is 39.1. The molecule has 7 nitrogen and oxygen atoms in total. The first-order valence-electron chi connectivity index (χ1n) is 10.4. The molecular formula is C23H23NO6S. The van der Waals surface area contributed by atoms with Gasteiger partial charge in [-0.1, -0.05) is 0 Å². The van der Waals surface area contributed by atoms with Crippen LogP contribution < -0.4 is 15.7 Å². The van der Waals surface area contributed by atoms with Crippen molar-refractivity contribution >= 4 is 39.2 Å². The highest BCUT2D eigenvalue weighted by molar-refractivity contribution is 7.17. The van der Waals surface area contributed by atoms with Crippen LogP contribution in [0.25, 0.3) is 11.0 Å². The maximum absolute atomic E-state index is 13.0. The summed E-state index contributed by atoms with van der Waals surface area (Å²) < 4.78 is 16.0. The summed E-state index contributed by atoms with van der Waals surface area (Å²) >= 11 is 1.37. The van der Waals surface area contributed by atoms with E-state index in [-0.39, 0.29) is 12.2 Å². The molecule has 1 N–H and O–H groups in total. The summed E-state index contributed by atoms with van der Waals surface area (Å²) in [5, 5.41) is 3.77. The third-order valence-corrected chi connectivity index (χ3v) is 6.35. The third kappa shape index (κ3) is 4.20. The molecular weight excluding hydrogens is 418 g/mol. The van der Waals surface area contributed by atoms with Crippen molar-refractivity contribution in [2.24, 2.45) is 0 Å². The first-order chi connectivity index (χ1) is 15.0. The number of rotatable bonds is 6. The fourth-order valence-electron chi connectivity index (χ4n) is 3.75. The molecule has 2 heterocycles. The van der Waals surface area contributed by atoms with E-state index in [9.17, 15) is 14.4 Å². The lowest BCUT2D eigenvalue weighted by Gasteiger charge is -2.12. The van der Waals surface area contributed by atoms with E-state index in [1.165, 1.54) is 17.4 Å². The number of hydrogen-bond donors (Lipinski definition) is 1. The predicted molar refractivity (Wildman–Crippen MR) is 119 cm³/mol. The highest BCUT2D eigenvalue weighted by atomic mass is 32.1. The highest BCUT2D eigenvalue weighted by Gasteiger charge is 2.28. The van der Waals surface area contributed by atoms with E-state index >= 15 is 0 Å². The summed E-state index contributed by atoms with van der Waals surface area (Å²) in [6, 6.07) is 6.59. The van der Waals surface area contributed by atoms with E-state index in [4.69, 9.17) is 13.9 Å². The standard InChI is InChI=1S/C23H23NO6S/c1-3-28-14-10-9-13-11-16(22(26)30-17(13)12-14)20(25)24-21-19(23(27)29-4-2)15-7-5-6-8-18(15)31-21/h9-12H,3-8H2,1-2H3,(H,24,25). The number of fused-ring (bicyclic) bond motifs is 2. The number of thiophene rings is 1. The van der Waals surface area contributed by atoms with Gasteiger partial charge in [0, 0.05) is 16.3 Å². The molecule has 0 fully saturated rings. The van der Waals surface area contributed by atoms with Crippen molar-refractivity contribution in [1.82, 2.24) is 0 Å². The maximum atomic E-state index is 13.0. The van der Waals surface area contributed by atoms with Gasteiger partial charge in [-0.25, -0.2) is 9.59 Å². The summed E-state index contributed by atoms with van der Waals surface area (Å²) in [5.74, 6) is -0.488. The molecule has 0 saturated carbocycles. The van der Waals surface area contributed by atoms with Crippen LogP contribution >= 0.6 is 11.3 Å². The van der Waals surface area contributed by atoms with Gasteiger partial charge in [-0.3, -0.25) is 4.79 Å². The van der Waals surface area contributed by atoms with Crippen molar-refractivity contribution < 1.29 is 23.5 Å². The Labute approximate surface area is 183 Å². The number of hydrogen-bond acceptors (Lipinski definition) is 7. The van der Waals surface area contributed by atoms with Crippen LogP contribution in [0.5, 0.6) is 5.75 Å². The van der Waals surface area contributed by atoms with Crippen LogP contribution in [0.2, 0.25) is 0 Å². The molecule has 4 rings (SSSR count). The molecule has 1 aliphatic carbocycles. The smallest absolute Gasteiger partial charge is 0.349 e. The molecule has 162 valence electrons. The average molecular weight is 442 g/mol. The highest BCUT2D eigenvalue weighted by Crippen LogP contribution is 2.38. The maximum Gasteiger partial charge on any atom is 0.349 e. The van der Waals surface area contributed by atoms with Crippen molar-refractivity contribution in [3.63, 3.8) is 0 Å². The molecule has 8 heteroatoms. The van der Waals surface area contributed by atoms with E-state index in [0.29, 0.717) is 33.9 Å². The topological polar surface area (TPSA) is 94.8 Å². The van der Waals surface area contributed by atoms with Crippen molar-refractivity contribution in [3.05, 3.63) is 56.3 Å². The average Bonchev–Trinajstić information content (AvgIpc) is 3.11. The monoisotopic (exact) mass is 441 g/mol. The Morgan fingerprint density at radius 1 is 1.13 bits per heavy atom. The Bertz CT molecular complexity index is 1210. The molecule has 0 atom stereocenters. The van der Waals surface area contributed by atoms with Gasteiger partial charge in [0.25, 0.3) is 5.91 Å². The summed E-state index contributed by atoms with van der Waals surface area (Å²) in [5.41, 5.74) is 0.808. The normalized spacial score (nSPS) is 13.0. The summed E-state index contributed by atoms with van der Waals surface area (Å²) in [6.45, 7) is 4.34. The van der Waals surface area contributed by atoms with Gasteiger partial charge in [0.2, 0.25) is 0 Å². The molecule has 0 saturated heterocycles. The number of carbonyl (C=O) groups excluding carboxylic acids is 2. The van der Waals surface area contributed by atoms with Gasteiger partial charge in [0.1, 0.15) is 21.9 Å². The van der Waals surface area contributed by atoms with Gasteiger partial charge >= 0.3 is 11.6 Å². The molecule has 0 radical (unpaired) electrons. The van der Waals surface area contributed by atoms with Crippen LogP contribution in [-0.2, 0) is 17.6 Å². The van der Waals surface area contributed by atoms with E-state index in [0.717, 1.165) is 36.1 Å². The lowest BCUT2D eigenvalue weighted by Crippen LogP contribution is -2.21. The van der Waals surface area contributed by atoms with Crippen LogP contribution in [0.3, 0.4) is 0 Å². The lowest BCUT2D eigenvalue weighted by atomic mass is 9.95. The molecule has 1 aromatic carbocycles. The minimum Gasteiger partial charge on any atom is -0.494 e. The molecule has 1 amide bonds. The van der Waals surface area contributed by atoms with Crippen molar-refractivity contribution in [1.29, 1.82) is 0 Å². The fourth-order valence-corrected chi connectivity index (χ4v) is 5.02. The predicted octanol–water partition coefficient (Wildman–Crippen LogP) is 4.56. The zero-order chi connectivity index (χ0) is 22.0. The number of benzene rings is 1. The number of nitrogens with one attached hydrogen (secondary N) is 1. The van der Waals surface area contributed by atoms with Gasteiger partial charge in [-0.05, 0) is 63.3 Å². The Balaban J connectivity index is 1.68. The van der Waals surface area contributed by atoms with E-state index in [2.05, 4.69) is 5.32 Å². The van der Waals surface area contributed by atoms with Gasteiger partial charge in [0.15, 0.2) is 0 Å². The SMILES string of the molecule is CCOC(=O)c1c(NC(=O)c2cc3ccc(OCC)cc3oc2=O)sc2c1CCCC2. The van der Waals surface area contributed by atoms with E-state index in [1.54, 1.807) is 25.1 Å². The Morgan fingerprint density at radius 2 is 1.94 bits per heavy atom. The zero-order valence-corrected chi connectivity index (χ0v) is 18.2. The van der Waals surface area contributed by atoms with Crippen LogP contribution in [0.15, 0.2) is 33.5 Å². The van der Waals surface area contributed by atoms with Gasteiger partial charge in [0.05, 0.1) is 18.8 Å². The molecule has 0 spiro atoms. The first-order valence-corrected chi connectivity index (χ1v) is 11.2. The van der Waals surface area contributed by atoms with Gasteiger partial charge < -0.3 is 19.2 Å². The molecule has 0 aliphatic heterocycles. The van der Waals surface area contributed by atoms with Crippen molar-refractivity contribution in [2.75, 3.05) is 18.5 Å². The van der Waals surface area contributed by atoms with E-state index < -0.39 is 17.5 Å². The summed E-state index contributed by atoms with van der Waals surface area (Å²) in [6.07, 6.45) is 3.67. The molecule has 3 aromatic rings. The second-order valence-electron chi connectivity index (χ2n) is 7.17. The Hall–Kier alpha value is -3.13. The van der Waals surface area contributed by atoms with E-state index in [1.807, 2.05) is 6.92 Å². The number of aryl methyl sites for hydroxylation is 1. The van der Waals surface area contributed by atoms with Crippen molar-refractivity contribution in [2.45, 2.75) is 39.5 Å². The van der Waals surface area contributed by atoms with Gasteiger partial charge in [-0.2, -0.15) is 0 Å². The lowest BCUT2D eigenvalue weighted by molar-refractivity contribution is 0.0526. The van der Waals surface area contributed by atoms with Crippen LogP contribution in [0.1, 0.15) is 57.8 Å². The molecule has 0 bridgehead atoms. The largest absolute Gasteiger partial charge is 0.494 e. The molecule has 0 unspecified atom stereocenters. The van der Waals surface area contributed by atoms with Crippen LogP contribution in [-0.4, -0.2) is 25.1 Å². The van der Waals surface area contributed by atoms with Crippen molar-refractivity contribution in [3.8, 4) is 5.75 Å². The summed E-state index contributed by atoms with van der Waals surface area (Å²) in [7, 11) is 0. The van der Waals surface area contributed by atoms with Crippen LogP contribution in [0, 0.1) is 0 Å². The second kappa shape index (κ2) is 8.93. The number of amides is 1. The Kier molecular flexibility index (Phi) is 6.08.